The maximum absolute atomic E-state index is 4.75. The molecule has 0 bridgehead atoms. The summed E-state index contributed by atoms with van der Waals surface area (Å²) in [7, 11) is 0. The number of aromatic amines is 1. The second-order valence-electron chi connectivity index (χ2n) is 6.17. The number of tetrazole rings is 1. The molecule has 0 fully saturated rings. The fourth-order valence-corrected chi connectivity index (χ4v) is 3.26. The van der Waals surface area contributed by atoms with Crippen LogP contribution >= 0.6 is 0 Å². The quantitative estimate of drug-likeness (QED) is 0.596. The number of hydrogen-bond acceptors (Lipinski definition) is 4. The molecular formula is C20H20N6. The minimum atomic E-state index is -0.0846. The van der Waals surface area contributed by atoms with Gasteiger partial charge in [0, 0.05) is 11.1 Å². The standard InChI is InChI=1S/C20H20N6/c1-3-15-9-7-8-12-17(15)19-18(16-10-5-4-6-11-16)21-13-26(19)14(2)20-22-24-25-23-20/h4-14H,3H2,1-2H3,(H,22,23,24,25). The molecule has 6 heteroatoms. The van der Waals surface area contributed by atoms with Gasteiger partial charge in [0.05, 0.1) is 23.8 Å². The Balaban J connectivity index is 1.95. The Morgan fingerprint density at radius 1 is 1.04 bits per heavy atom. The van der Waals surface area contributed by atoms with E-state index in [0.717, 1.165) is 23.4 Å². The lowest BCUT2D eigenvalue weighted by molar-refractivity contribution is 0.605. The van der Waals surface area contributed by atoms with E-state index in [0.29, 0.717) is 5.82 Å². The number of H-pyrrole nitrogens is 1. The third kappa shape index (κ3) is 2.79. The van der Waals surface area contributed by atoms with Gasteiger partial charge < -0.3 is 4.57 Å². The van der Waals surface area contributed by atoms with Crippen molar-refractivity contribution in [1.82, 2.24) is 30.2 Å². The summed E-state index contributed by atoms with van der Waals surface area (Å²) in [5.74, 6) is 0.636. The van der Waals surface area contributed by atoms with Gasteiger partial charge >= 0.3 is 0 Å². The average Bonchev–Trinajstić information content (AvgIpc) is 3.38. The molecule has 130 valence electrons. The third-order valence-electron chi connectivity index (χ3n) is 4.65. The van der Waals surface area contributed by atoms with Crippen molar-refractivity contribution in [3.05, 3.63) is 72.3 Å². The molecule has 0 saturated heterocycles. The van der Waals surface area contributed by atoms with Crippen molar-refractivity contribution < 1.29 is 0 Å². The topological polar surface area (TPSA) is 72.3 Å². The number of nitrogens with zero attached hydrogens (tertiary/aromatic N) is 5. The number of imidazole rings is 1. The molecule has 2 heterocycles. The van der Waals surface area contributed by atoms with Crippen LogP contribution in [0.5, 0.6) is 0 Å². The van der Waals surface area contributed by atoms with Gasteiger partial charge in [0.25, 0.3) is 0 Å². The maximum atomic E-state index is 4.75. The number of aromatic nitrogens is 6. The van der Waals surface area contributed by atoms with Crippen molar-refractivity contribution in [3.63, 3.8) is 0 Å². The molecule has 0 saturated carbocycles. The van der Waals surface area contributed by atoms with Crippen LogP contribution in [0.3, 0.4) is 0 Å². The second kappa shape index (κ2) is 6.92. The van der Waals surface area contributed by atoms with Gasteiger partial charge in [-0.25, -0.2) is 4.98 Å². The molecule has 0 aliphatic rings. The van der Waals surface area contributed by atoms with E-state index < -0.39 is 0 Å². The Morgan fingerprint density at radius 3 is 2.54 bits per heavy atom. The number of aryl methyl sites for hydroxylation is 1. The minimum absolute atomic E-state index is 0.0846. The molecule has 0 spiro atoms. The molecule has 4 aromatic rings. The van der Waals surface area contributed by atoms with Gasteiger partial charge in [-0.15, -0.1) is 10.2 Å². The molecule has 26 heavy (non-hydrogen) atoms. The minimum Gasteiger partial charge on any atom is -0.319 e. The number of nitrogens with one attached hydrogen (secondary N) is 1. The summed E-state index contributed by atoms with van der Waals surface area (Å²) in [5.41, 5.74) is 5.59. The van der Waals surface area contributed by atoms with Crippen molar-refractivity contribution in [3.8, 4) is 22.5 Å². The van der Waals surface area contributed by atoms with Crippen molar-refractivity contribution in [2.75, 3.05) is 0 Å². The molecule has 0 amide bonds. The highest BCUT2D eigenvalue weighted by atomic mass is 15.5. The summed E-state index contributed by atoms with van der Waals surface area (Å²) < 4.78 is 2.13. The van der Waals surface area contributed by atoms with Gasteiger partial charge in [0.1, 0.15) is 0 Å². The van der Waals surface area contributed by atoms with Gasteiger partial charge in [-0.05, 0) is 18.9 Å². The van der Waals surface area contributed by atoms with E-state index in [1.165, 1.54) is 11.1 Å². The van der Waals surface area contributed by atoms with Crippen LogP contribution in [0.25, 0.3) is 22.5 Å². The average molecular weight is 344 g/mol. The number of hydrogen-bond donors (Lipinski definition) is 1. The first-order valence-electron chi connectivity index (χ1n) is 8.73. The maximum Gasteiger partial charge on any atom is 0.197 e. The highest BCUT2D eigenvalue weighted by molar-refractivity contribution is 5.80. The van der Waals surface area contributed by atoms with Crippen molar-refractivity contribution in [2.24, 2.45) is 0 Å². The summed E-state index contributed by atoms with van der Waals surface area (Å²) in [6.45, 7) is 4.23. The zero-order chi connectivity index (χ0) is 17.9. The van der Waals surface area contributed by atoms with Gasteiger partial charge in [-0.1, -0.05) is 66.7 Å². The second-order valence-corrected chi connectivity index (χ2v) is 6.17. The normalized spacial score (nSPS) is 12.2. The van der Waals surface area contributed by atoms with Crippen LogP contribution in [0.1, 0.15) is 31.3 Å². The molecular weight excluding hydrogens is 324 g/mol. The highest BCUT2D eigenvalue weighted by Gasteiger charge is 2.22. The van der Waals surface area contributed by atoms with Crippen LogP contribution in [-0.2, 0) is 6.42 Å². The van der Waals surface area contributed by atoms with Crippen LogP contribution < -0.4 is 0 Å². The monoisotopic (exact) mass is 344 g/mol. The molecule has 4 rings (SSSR count). The lowest BCUT2D eigenvalue weighted by Gasteiger charge is -2.17. The van der Waals surface area contributed by atoms with Crippen molar-refractivity contribution in [1.29, 1.82) is 0 Å². The Kier molecular flexibility index (Phi) is 4.31. The Bertz CT molecular complexity index is 988. The van der Waals surface area contributed by atoms with E-state index in [-0.39, 0.29) is 6.04 Å². The molecule has 1 atom stereocenters. The van der Waals surface area contributed by atoms with Crippen LogP contribution in [-0.4, -0.2) is 30.2 Å². The molecule has 0 aliphatic carbocycles. The Labute approximate surface area is 151 Å². The van der Waals surface area contributed by atoms with Crippen molar-refractivity contribution in [2.45, 2.75) is 26.3 Å². The van der Waals surface area contributed by atoms with Gasteiger partial charge in [-0.2, -0.15) is 5.21 Å². The van der Waals surface area contributed by atoms with Crippen molar-refractivity contribution >= 4 is 0 Å². The fourth-order valence-electron chi connectivity index (χ4n) is 3.26. The van der Waals surface area contributed by atoms with Crippen LogP contribution in [0.2, 0.25) is 0 Å². The molecule has 1 unspecified atom stereocenters. The van der Waals surface area contributed by atoms with Crippen LogP contribution in [0, 0.1) is 0 Å². The van der Waals surface area contributed by atoms with E-state index in [2.05, 4.69) is 75.4 Å². The Morgan fingerprint density at radius 2 is 1.81 bits per heavy atom. The van der Waals surface area contributed by atoms with E-state index in [1.807, 2.05) is 24.5 Å². The van der Waals surface area contributed by atoms with E-state index in [1.54, 1.807) is 0 Å². The SMILES string of the molecule is CCc1ccccc1-c1c(-c2ccccc2)ncn1C(C)c1nn[nH]n1. The molecule has 0 radical (unpaired) electrons. The first-order valence-corrected chi connectivity index (χ1v) is 8.73. The Hall–Kier alpha value is -3.28. The molecule has 6 nitrogen and oxygen atoms in total. The lowest BCUT2D eigenvalue weighted by Crippen LogP contribution is -2.10. The first-order chi connectivity index (χ1) is 12.8. The highest BCUT2D eigenvalue weighted by Crippen LogP contribution is 2.36. The van der Waals surface area contributed by atoms with Gasteiger partial charge in [0.15, 0.2) is 5.82 Å². The molecule has 0 aliphatic heterocycles. The smallest absolute Gasteiger partial charge is 0.197 e. The zero-order valence-corrected chi connectivity index (χ0v) is 14.8. The summed E-state index contributed by atoms with van der Waals surface area (Å²) in [4.78, 5) is 4.75. The predicted octanol–water partition coefficient (Wildman–Crippen LogP) is 3.90. The summed E-state index contributed by atoms with van der Waals surface area (Å²) in [6, 6.07) is 18.6. The van der Waals surface area contributed by atoms with E-state index >= 15 is 0 Å². The fraction of sp³-hybridized carbons (Fsp3) is 0.200. The summed E-state index contributed by atoms with van der Waals surface area (Å²) in [5, 5.41) is 14.5. The van der Waals surface area contributed by atoms with Gasteiger partial charge in [-0.3, -0.25) is 0 Å². The number of rotatable bonds is 5. The molecule has 2 aromatic carbocycles. The third-order valence-corrected chi connectivity index (χ3v) is 4.65. The number of benzene rings is 2. The van der Waals surface area contributed by atoms with Crippen LogP contribution in [0.15, 0.2) is 60.9 Å². The van der Waals surface area contributed by atoms with E-state index in [9.17, 15) is 0 Å². The zero-order valence-electron chi connectivity index (χ0n) is 14.8. The van der Waals surface area contributed by atoms with Crippen LogP contribution in [0.4, 0.5) is 0 Å². The predicted molar refractivity (Wildman–Crippen MR) is 100 cm³/mol. The molecule has 1 N–H and O–H groups in total. The summed E-state index contributed by atoms with van der Waals surface area (Å²) in [6.07, 6.45) is 2.82. The largest absolute Gasteiger partial charge is 0.319 e. The van der Waals surface area contributed by atoms with E-state index in [4.69, 9.17) is 4.98 Å². The summed E-state index contributed by atoms with van der Waals surface area (Å²) >= 11 is 0. The first kappa shape index (κ1) is 16.2. The molecule has 2 aromatic heterocycles. The van der Waals surface area contributed by atoms with Gasteiger partial charge in [0.2, 0.25) is 0 Å². The lowest BCUT2D eigenvalue weighted by atomic mass is 9.98.